The summed E-state index contributed by atoms with van der Waals surface area (Å²) in [4.78, 5) is 21.9. The molecule has 1 aliphatic rings. The molecule has 4 nitrogen and oxygen atoms in total. The lowest BCUT2D eigenvalue weighted by molar-refractivity contribution is -0.126. The number of rotatable bonds is 0. The van der Waals surface area contributed by atoms with Crippen molar-refractivity contribution < 1.29 is 9.59 Å². The van der Waals surface area contributed by atoms with E-state index in [1.54, 1.807) is 0 Å². The van der Waals surface area contributed by atoms with Crippen LogP contribution >= 0.6 is 23.6 Å². The van der Waals surface area contributed by atoms with Crippen LogP contribution in [0, 0.1) is 6.92 Å². The predicted octanol–water partition coefficient (Wildman–Crippen LogP) is 1.15. The van der Waals surface area contributed by atoms with E-state index in [-0.39, 0.29) is 0 Å². The van der Waals surface area contributed by atoms with Gasteiger partial charge in [-0.25, -0.2) is 4.79 Å². The summed E-state index contributed by atoms with van der Waals surface area (Å²) in [7, 11) is 0. The van der Waals surface area contributed by atoms with Crippen molar-refractivity contribution in [3.63, 3.8) is 0 Å². The molecule has 0 radical (unpaired) electrons. The maximum atomic E-state index is 11.0. The Labute approximate surface area is 73.9 Å². The second-order valence-electron chi connectivity index (χ2n) is 2.42. The van der Waals surface area contributed by atoms with Gasteiger partial charge in [0.1, 0.15) is 0 Å². The first-order chi connectivity index (χ1) is 4.89. The summed E-state index contributed by atoms with van der Waals surface area (Å²) in [5, 5.41) is 0. The van der Waals surface area contributed by atoms with Crippen molar-refractivity contribution in [2.24, 2.45) is 0 Å². The molecule has 60 valence electrons. The maximum absolute atomic E-state index is 11.0. The van der Waals surface area contributed by atoms with Crippen molar-refractivity contribution in [2.75, 3.05) is 0 Å². The summed E-state index contributed by atoms with van der Waals surface area (Å²) in [6, 6.07) is -0.768. The molecule has 1 heterocycles. The summed E-state index contributed by atoms with van der Waals surface area (Å²) < 4.78 is 1.09. The minimum atomic E-state index is -1.29. The molecule has 0 N–H and O–H groups in total. The van der Waals surface area contributed by atoms with Crippen LogP contribution in [0.2, 0.25) is 0 Å². The number of nitrogens with zero attached hydrogens (tertiary/aromatic N) is 2. The molecule has 3 amide bonds. The van der Waals surface area contributed by atoms with Crippen LogP contribution in [0.15, 0.2) is 0 Å². The molecule has 0 aliphatic carbocycles. The predicted molar refractivity (Wildman–Crippen MR) is 39.5 cm³/mol. The lowest BCUT2D eigenvalue weighted by atomic mass is 10.1. The molecule has 1 saturated heterocycles. The van der Waals surface area contributed by atoms with Gasteiger partial charge < -0.3 is 0 Å². The van der Waals surface area contributed by atoms with Crippen LogP contribution in [0.4, 0.5) is 4.79 Å². The smallest absolute Gasteiger partial charge is 0.265 e. The van der Waals surface area contributed by atoms with Crippen molar-refractivity contribution in [3.05, 3.63) is 6.92 Å². The average molecular weight is 196 g/mol. The standard InChI is InChI=1S/C5H5Cl2N2O2/c1-5(2)3(10)8(6)4(11)9(5)7/h1H2,2H3/q+1. The van der Waals surface area contributed by atoms with E-state index in [0.717, 1.165) is 0 Å². The molecule has 0 aromatic carbocycles. The van der Waals surface area contributed by atoms with Gasteiger partial charge in [0.15, 0.2) is 0 Å². The van der Waals surface area contributed by atoms with Gasteiger partial charge in [0.05, 0.1) is 6.92 Å². The number of amides is 3. The molecular weight excluding hydrogens is 191 g/mol. The Balaban J connectivity index is 3.06. The molecule has 0 aromatic rings. The van der Waals surface area contributed by atoms with Gasteiger partial charge in [0.2, 0.25) is 0 Å². The number of halogens is 2. The molecule has 1 unspecified atom stereocenters. The van der Waals surface area contributed by atoms with Crippen LogP contribution < -0.4 is 0 Å². The first-order valence-corrected chi connectivity index (χ1v) is 3.42. The summed E-state index contributed by atoms with van der Waals surface area (Å²) in [5.74, 6) is -0.626. The maximum Gasteiger partial charge on any atom is 0.361 e. The summed E-state index contributed by atoms with van der Waals surface area (Å²) in [5.41, 5.74) is -1.29. The Kier molecular flexibility index (Phi) is 1.69. The van der Waals surface area contributed by atoms with Crippen LogP contribution in [0.1, 0.15) is 6.92 Å². The third-order valence-corrected chi connectivity index (χ3v) is 2.22. The minimum Gasteiger partial charge on any atom is -0.265 e. The van der Waals surface area contributed by atoms with Gasteiger partial charge in [-0.3, -0.25) is 4.79 Å². The van der Waals surface area contributed by atoms with Gasteiger partial charge in [0, 0.05) is 30.5 Å². The highest BCUT2D eigenvalue weighted by Crippen LogP contribution is 2.29. The Hall–Kier alpha value is -0.610. The topological polar surface area (TPSA) is 40.6 Å². The number of urea groups is 1. The molecule has 1 rings (SSSR count). The zero-order valence-corrected chi connectivity index (χ0v) is 7.19. The van der Waals surface area contributed by atoms with E-state index in [0.29, 0.717) is 8.84 Å². The van der Waals surface area contributed by atoms with E-state index in [1.165, 1.54) is 6.92 Å². The quantitative estimate of drug-likeness (QED) is 0.331. The highest BCUT2D eigenvalue weighted by atomic mass is 35.5. The van der Waals surface area contributed by atoms with Crippen molar-refractivity contribution in [1.29, 1.82) is 0 Å². The fourth-order valence-electron chi connectivity index (χ4n) is 0.670. The number of carbonyl (C=O) groups excluding carboxylic acids is 2. The van der Waals surface area contributed by atoms with Crippen LogP contribution in [0.25, 0.3) is 0 Å². The van der Waals surface area contributed by atoms with E-state index in [4.69, 9.17) is 23.6 Å². The minimum absolute atomic E-state index is 0.417. The molecular formula is C5H5Cl2N2O2+. The van der Waals surface area contributed by atoms with Gasteiger partial charge in [-0.1, -0.05) is 0 Å². The largest absolute Gasteiger partial charge is 0.361 e. The number of hydrogen-bond donors (Lipinski definition) is 0. The molecule has 1 fully saturated rings. The monoisotopic (exact) mass is 195 g/mol. The van der Waals surface area contributed by atoms with Crippen LogP contribution in [0.3, 0.4) is 0 Å². The number of carbonyl (C=O) groups is 2. The third-order valence-electron chi connectivity index (χ3n) is 1.41. The van der Waals surface area contributed by atoms with Crippen LogP contribution in [-0.2, 0) is 4.79 Å². The Morgan fingerprint density at radius 1 is 1.45 bits per heavy atom. The average Bonchev–Trinajstić information content (AvgIpc) is 2.06. The second-order valence-corrected chi connectivity index (χ2v) is 3.10. The Morgan fingerprint density at radius 3 is 2.00 bits per heavy atom. The van der Waals surface area contributed by atoms with E-state index < -0.39 is 17.5 Å². The fraction of sp³-hybridized carbons (Fsp3) is 0.400. The second kappa shape index (κ2) is 2.19. The van der Waals surface area contributed by atoms with Crippen LogP contribution in [0.5, 0.6) is 0 Å². The molecule has 1 atom stereocenters. The highest BCUT2D eigenvalue weighted by molar-refractivity contribution is 6.39. The molecule has 11 heavy (non-hydrogen) atoms. The van der Waals surface area contributed by atoms with Gasteiger partial charge in [-0.2, -0.15) is 8.84 Å². The van der Waals surface area contributed by atoms with Crippen molar-refractivity contribution in [3.8, 4) is 0 Å². The number of hydrogen-bond acceptors (Lipinski definition) is 2. The first-order valence-electron chi connectivity index (χ1n) is 2.74. The zero-order chi connectivity index (χ0) is 8.81. The van der Waals surface area contributed by atoms with Gasteiger partial charge in [-0.15, -0.1) is 0 Å². The molecule has 0 bridgehead atoms. The zero-order valence-electron chi connectivity index (χ0n) is 5.67. The van der Waals surface area contributed by atoms with E-state index in [2.05, 4.69) is 6.92 Å². The van der Waals surface area contributed by atoms with Crippen LogP contribution in [-0.4, -0.2) is 26.3 Å². The fourth-order valence-corrected chi connectivity index (χ4v) is 1.11. The Bertz CT molecular complexity index is 229. The van der Waals surface area contributed by atoms with Crippen molar-refractivity contribution in [1.82, 2.24) is 8.84 Å². The van der Waals surface area contributed by atoms with Crippen molar-refractivity contribution >= 4 is 35.5 Å². The molecule has 0 aromatic heterocycles. The summed E-state index contributed by atoms with van der Waals surface area (Å²) in [6.07, 6.45) is 0. The SMILES string of the molecule is [CH2+]C1(C)C(=O)N(Cl)C(=O)N1Cl. The van der Waals surface area contributed by atoms with Gasteiger partial charge in [0.25, 0.3) is 5.54 Å². The number of imide groups is 1. The first kappa shape index (κ1) is 8.49. The summed E-state index contributed by atoms with van der Waals surface area (Å²) >= 11 is 10.7. The summed E-state index contributed by atoms with van der Waals surface area (Å²) in [6.45, 7) is 4.84. The van der Waals surface area contributed by atoms with E-state index >= 15 is 0 Å². The van der Waals surface area contributed by atoms with E-state index in [1.807, 2.05) is 0 Å². The van der Waals surface area contributed by atoms with Gasteiger partial charge in [-0.05, 0) is 0 Å². The highest BCUT2D eigenvalue weighted by Gasteiger charge is 2.57. The molecule has 6 heteroatoms. The third kappa shape index (κ3) is 0.937. The Morgan fingerprint density at radius 2 is 1.91 bits per heavy atom. The molecule has 0 saturated carbocycles. The van der Waals surface area contributed by atoms with E-state index in [9.17, 15) is 9.59 Å². The molecule has 0 spiro atoms. The lowest BCUT2D eigenvalue weighted by Crippen LogP contribution is -2.38. The van der Waals surface area contributed by atoms with Crippen molar-refractivity contribution in [2.45, 2.75) is 12.5 Å². The normalized spacial score (nSPS) is 31.9. The lowest BCUT2D eigenvalue weighted by Gasteiger charge is -2.11. The van der Waals surface area contributed by atoms with Gasteiger partial charge >= 0.3 is 11.9 Å². The molecule has 1 aliphatic heterocycles.